The van der Waals surface area contributed by atoms with Crippen LogP contribution in [0.1, 0.15) is 18.1 Å². The van der Waals surface area contributed by atoms with Crippen molar-refractivity contribution in [1.29, 1.82) is 0 Å². The lowest BCUT2D eigenvalue weighted by molar-refractivity contribution is -0.145. The van der Waals surface area contributed by atoms with Gasteiger partial charge >= 0.3 is 5.97 Å². The summed E-state index contributed by atoms with van der Waals surface area (Å²) >= 11 is 5.87. The third-order valence-corrected chi connectivity index (χ3v) is 4.48. The Balaban J connectivity index is 2.17. The molecule has 154 valence electrons. The summed E-state index contributed by atoms with van der Waals surface area (Å²) in [7, 11) is 1.22. The summed E-state index contributed by atoms with van der Waals surface area (Å²) < 4.78 is 18.8. The van der Waals surface area contributed by atoms with Crippen molar-refractivity contribution in [3.63, 3.8) is 0 Å². The van der Waals surface area contributed by atoms with Crippen molar-refractivity contribution in [2.45, 2.75) is 31.8 Å². The van der Waals surface area contributed by atoms with Gasteiger partial charge in [-0.15, -0.1) is 0 Å². The van der Waals surface area contributed by atoms with Gasteiger partial charge in [0.1, 0.15) is 17.9 Å². The van der Waals surface area contributed by atoms with Crippen LogP contribution in [0.3, 0.4) is 0 Å². The summed E-state index contributed by atoms with van der Waals surface area (Å²) in [6.07, 6.45) is 0.106. The van der Waals surface area contributed by atoms with Crippen molar-refractivity contribution in [3.05, 3.63) is 70.5 Å². The third kappa shape index (κ3) is 6.87. The van der Waals surface area contributed by atoms with E-state index in [-0.39, 0.29) is 18.4 Å². The highest BCUT2D eigenvalue weighted by molar-refractivity contribution is 6.30. The van der Waals surface area contributed by atoms with E-state index >= 15 is 0 Å². The van der Waals surface area contributed by atoms with E-state index in [0.29, 0.717) is 5.02 Å². The molecule has 29 heavy (non-hydrogen) atoms. The summed E-state index contributed by atoms with van der Waals surface area (Å²) in [6.45, 7) is 1.26. The lowest BCUT2D eigenvalue weighted by Crippen LogP contribution is -2.53. The summed E-state index contributed by atoms with van der Waals surface area (Å²) in [6, 6.07) is 10.7. The fourth-order valence-electron chi connectivity index (χ4n) is 2.80. The van der Waals surface area contributed by atoms with Gasteiger partial charge in [-0.25, -0.2) is 9.18 Å². The number of hydrogen-bond acceptors (Lipinski definition) is 4. The standard InChI is InChI=1S/C21H22ClFN2O4/c1-13(26)24-18(12-15-5-3-4-6-17(15)23)20(27)25-19(21(28)29-2)11-14-7-9-16(22)10-8-14/h3-10,18-19H,11-12H2,1-2H3,(H,24,26)(H,25,27)/t18-,19+/m1/s1. The van der Waals surface area contributed by atoms with Crippen LogP contribution in [0.4, 0.5) is 4.39 Å². The van der Waals surface area contributed by atoms with Crippen LogP contribution in [-0.4, -0.2) is 37.0 Å². The smallest absolute Gasteiger partial charge is 0.328 e. The van der Waals surface area contributed by atoms with Crippen molar-refractivity contribution in [1.82, 2.24) is 10.6 Å². The number of halogens is 2. The van der Waals surface area contributed by atoms with E-state index in [2.05, 4.69) is 10.6 Å². The molecule has 2 aromatic rings. The van der Waals surface area contributed by atoms with E-state index in [0.717, 1.165) is 5.56 Å². The van der Waals surface area contributed by atoms with Crippen LogP contribution < -0.4 is 10.6 Å². The topological polar surface area (TPSA) is 84.5 Å². The molecule has 2 aromatic carbocycles. The van der Waals surface area contributed by atoms with Gasteiger partial charge in [0, 0.05) is 24.8 Å². The second-order valence-electron chi connectivity index (χ2n) is 6.46. The van der Waals surface area contributed by atoms with Crippen LogP contribution in [0, 0.1) is 5.82 Å². The van der Waals surface area contributed by atoms with Gasteiger partial charge in [-0.1, -0.05) is 41.9 Å². The van der Waals surface area contributed by atoms with Gasteiger partial charge in [0.05, 0.1) is 7.11 Å². The molecule has 6 nitrogen and oxygen atoms in total. The quantitative estimate of drug-likeness (QED) is 0.642. The predicted octanol–water partition coefficient (Wildman–Crippen LogP) is 2.43. The zero-order valence-corrected chi connectivity index (χ0v) is 16.8. The molecule has 0 aliphatic rings. The Hall–Kier alpha value is -2.93. The van der Waals surface area contributed by atoms with Gasteiger partial charge in [-0.2, -0.15) is 0 Å². The maximum absolute atomic E-state index is 14.0. The van der Waals surface area contributed by atoms with Crippen molar-refractivity contribution in [3.8, 4) is 0 Å². The minimum absolute atomic E-state index is 0.0626. The maximum atomic E-state index is 14.0. The van der Waals surface area contributed by atoms with E-state index in [1.807, 2.05) is 0 Å². The second kappa shape index (κ2) is 10.6. The lowest BCUT2D eigenvalue weighted by atomic mass is 10.0. The number of rotatable bonds is 8. The first-order chi connectivity index (χ1) is 13.8. The molecule has 0 bridgehead atoms. The van der Waals surface area contributed by atoms with Crippen LogP contribution in [0.2, 0.25) is 5.02 Å². The number of nitrogens with one attached hydrogen (secondary N) is 2. The summed E-state index contributed by atoms with van der Waals surface area (Å²) in [5.74, 6) is -2.19. The highest BCUT2D eigenvalue weighted by Crippen LogP contribution is 2.13. The zero-order valence-electron chi connectivity index (χ0n) is 16.1. The van der Waals surface area contributed by atoms with Gasteiger partial charge < -0.3 is 15.4 Å². The molecule has 2 N–H and O–H groups in total. The van der Waals surface area contributed by atoms with Crippen molar-refractivity contribution in [2.75, 3.05) is 7.11 Å². The lowest BCUT2D eigenvalue weighted by Gasteiger charge is -2.22. The number of methoxy groups -OCH3 is 1. The van der Waals surface area contributed by atoms with Crippen LogP contribution >= 0.6 is 11.6 Å². The average molecular weight is 421 g/mol. The summed E-state index contributed by atoms with van der Waals surface area (Å²) in [5, 5.41) is 5.64. The van der Waals surface area contributed by atoms with Gasteiger partial charge in [-0.05, 0) is 29.3 Å². The largest absolute Gasteiger partial charge is 0.467 e. The maximum Gasteiger partial charge on any atom is 0.328 e. The Morgan fingerprint density at radius 1 is 1.00 bits per heavy atom. The van der Waals surface area contributed by atoms with Crippen LogP contribution in [-0.2, 0) is 32.0 Å². The SMILES string of the molecule is COC(=O)[C@H](Cc1ccc(Cl)cc1)NC(=O)[C@@H](Cc1ccccc1F)NC(C)=O. The minimum atomic E-state index is -1.05. The molecule has 0 unspecified atom stereocenters. The molecular formula is C21H22ClFN2O4. The average Bonchev–Trinajstić information content (AvgIpc) is 2.69. The van der Waals surface area contributed by atoms with Crippen molar-refractivity contribution >= 4 is 29.4 Å². The first-order valence-corrected chi connectivity index (χ1v) is 9.31. The molecule has 2 atom stereocenters. The molecule has 0 aromatic heterocycles. The molecule has 0 aliphatic heterocycles. The van der Waals surface area contributed by atoms with Gasteiger partial charge in [0.25, 0.3) is 0 Å². The molecule has 0 saturated heterocycles. The molecule has 0 spiro atoms. The Morgan fingerprint density at radius 2 is 1.66 bits per heavy atom. The van der Waals surface area contributed by atoms with E-state index in [9.17, 15) is 18.8 Å². The molecule has 2 amide bonds. The Bertz CT molecular complexity index is 873. The number of amides is 2. The third-order valence-electron chi connectivity index (χ3n) is 4.23. The summed E-state index contributed by atoms with van der Waals surface area (Å²) in [5.41, 5.74) is 1.03. The Kier molecular flexibility index (Phi) is 8.15. The van der Waals surface area contributed by atoms with E-state index in [4.69, 9.17) is 16.3 Å². The number of benzene rings is 2. The van der Waals surface area contributed by atoms with Gasteiger partial charge in [0.15, 0.2) is 0 Å². The number of hydrogen-bond donors (Lipinski definition) is 2. The fourth-order valence-corrected chi connectivity index (χ4v) is 2.93. The minimum Gasteiger partial charge on any atom is -0.467 e. The molecule has 0 aliphatic carbocycles. The van der Waals surface area contributed by atoms with Crippen LogP contribution in [0.25, 0.3) is 0 Å². The number of carbonyl (C=O) groups is 3. The first-order valence-electron chi connectivity index (χ1n) is 8.93. The fraction of sp³-hybridized carbons (Fsp3) is 0.286. The Labute approximate surface area is 173 Å². The highest BCUT2D eigenvalue weighted by atomic mass is 35.5. The van der Waals surface area contributed by atoms with E-state index in [1.54, 1.807) is 30.3 Å². The number of ether oxygens (including phenoxy) is 1. The second-order valence-corrected chi connectivity index (χ2v) is 6.90. The molecule has 0 heterocycles. The molecular weight excluding hydrogens is 399 g/mol. The van der Waals surface area contributed by atoms with E-state index in [1.165, 1.54) is 32.2 Å². The predicted molar refractivity (Wildman–Crippen MR) is 107 cm³/mol. The molecule has 2 rings (SSSR count). The first kappa shape index (κ1) is 22.4. The van der Waals surface area contributed by atoms with E-state index < -0.39 is 35.7 Å². The zero-order chi connectivity index (χ0) is 21.4. The Morgan fingerprint density at radius 3 is 2.24 bits per heavy atom. The normalized spacial score (nSPS) is 12.6. The van der Waals surface area contributed by atoms with Gasteiger partial charge in [-0.3, -0.25) is 9.59 Å². The van der Waals surface area contributed by atoms with Crippen LogP contribution in [0.15, 0.2) is 48.5 Å². The molecule has 0 fully saturated rings. The molecule has 0 saturated carbocycles. The number of carbonyl (C=O) groups excluding carboxylic acids is 3. The summed E-state index contributed by atoms with van der Waals surface area (Å²) in [4.78, 5) is 36.5. The van der Waals surface area contributed by atoms with Crippen molar-refractivity contribution in [2.24, 2.45) is 0 Å². The molecule has 0 radical (unpaired) electrons. The van der Waals surface area contributed by atoms with Gasteiger partial charge in [0.2, 0.25) is 11.8 Å². The molecule has 8 heteroatoms. The monoisotopic (exact) mass is 420 g/mol. The van der Waals surface area contributed by atoms with Crippen molar-refractivity contribution < 1.29 is 23.5 Å². The number of esters is 1. The van der Waals surface area contributed by atoms with Crippen LogP contribution in [0.5, 0.6) is 0 Å². The highest BCUT2D eigenvalue weighted by Gasteiger charge is 2.27.